The molecule has 2 bridgehead atoms. The van der Waals surface area contributed by atoms with Crippen molar-refractivity contribution >= 4 is 17.3 Å². The molecule has 1 fully saturated rings. The fourth-order valence-corrected chi connectivity index (χ4v) is 4.09. The molecule has 3 heterocycles. The van der Waals surface area contributed by atoms with E-state index in [2.05, 4.69) is 10.2 Å². The smallest absolute Gasteiger partial charge is 0.250 e. The molecular weight excluding hydrogens is 316 g/mol. The van der Waals surface area contributed by atoms with Gasteiger partial charge in [-0.25, -0.2) is 0 Å². The Kier molecular flexibility index (Phi) is 4.05. The van der Waals surface area contributed by atoms with Gasteiger partial charge in [-0.05, 0) is 42.7 Å². The van der Waals surface area contributed by atoms with Crippen LogP contribution in [0.4, 0.5) is 11.4 Å². The minimum atomic E-state index is -0.0183. The molecule has 4 rings (SSSR count). The Bertz CT molecular complexity index is 843. The summed E-state index contributed by atoms with van der Waals surface area (Å²) in [5.74, 6) is 0.733. The SMILES string of the molecule is Nc1ccc(NC(=O)CN2C[C@@H]3C[C@H](C2)c2cccc(=O)n2C3)cc1. The summed E-state index contributed by atoms with van der Waals surface area (Å²) in [5.41, 5.74) is 8.29. The average molecular weight is 338 g/mol. The Balaban J connectivity index is 1.43. The van der Waals surface area contributed by atoms with Gasteiger partial charge in [0, 0.05) is 48.7 Å². The normalized spacial score (nSPS) is 22.2. The number of piperidine rings is 1. The highest BCUT2D eigenvalue weighted by molar-refractivity contribution is 5.92. The monoisotopic (exact) mass is 338 g/mol. The van der Waals surface area contributed by atoms with E-state index in [1.165, 1.54) is 0 Å². The van der Waals surface area contributed by atoms with E-state index in [9.17, 15) is 9.59 Å². The largest absolute Gasteiger partial charge is 0.399 e. The summed E-state index contributed by atoms with van der Waals surface area (Å²) in [6.07, 6.45) is 1.10. The molecule has 1 aromatic heterocycles. The van der Waals surface area contributed by atoms with Gasteiger partial charge in [0.15, 0.2) is 0 Å². The number of carbonyl (C=O) groups is 1. The van der Waals surface area contributed by atoms with Gasteiger partial charge < -0.3 is 15.6 Å². The molecule has 25 heavy (non-hydrogen) atoms. The molecule has 0 aliphatic carbocycles. The van der Waals surface area contributed by atoms with Crippen LogP contribution in [0.3, 0.4) is 0 Å². The van der Waals surface area contributed by atoms with Crippen LogP contribution in [0.2, 0.25) is 0 Å². The lowest BCUT2D eigenvalue weighted by molar-refractivity contribution is -0.117. The molecule has 1 amide bonds. The maximum atomic E-state index is 12.3. The Hall–Kier alpha value is -2.60. The summed E-state index contributed by atoms with van der Waals surface area (Å²) in [4.78, 5) is 26.6. The van der Waals surface area contributed by atoms with E-state index in [1.807, 2.05) is 16.7 Å². The third kappa shape index (κ3) is 3.30. The number of fused-ring (bicyclic) bond motifs is 4. The van der Waals surface area contributed by atoms with Gasteiger partial charge in [-0.3, -0.25) is 14.5 Å². The highest BCUT2D eigenvalue weighted by atomic mass is 16.2. The first-order valence-electron chi connectivity index (χ1n) is 8.66. The number of amides is 1. The van der Waals surface area contributed by atoms with Crippen molar-refractivity contribution in [2.75, 3.05) is 30.7 Å². The number of carbonyl (C=O) groups excluding carboxylic acids is 1. The zero-order valence-corrected chi connectivity index (χ0v) is 14.0. The lowest BCUT2D eigenvalue weighted by Crippen LogP contribution is -2.49. The summed E-state index contributed by atoms with van der Waals surface area (Å²) < 4.78 is 1.91. The molecule has 1 saturated heterocycles. The minimum Gasteiger partial charge on any atom is -0.399 e. The molecule has 6 nitrogen and oxygen atoms in total. The van der Waals surface area contributed by atoms with Gasteiger partial charge in [0.1, 0.15) is 0 Å². The van der Waals surface area contributed by atoms with E-state index in [0.717, 1.165) is 37.4 Å². The van der Waals surface area contributed by atoms with Gasteiger partial charge in [-0.15, -0.1) is 0 Å². The Morgan fingerprint density at radius 2 is 1.92 bits per heavy atom. The minimum absolute atomic E-state index is 0.0183. The molecule has 0 radical (unpaired) electrons. The first-order valence-corrected chi connectivity index (χ1v) is 8.66. The number of aromatic nitrogens is 1. The number of hydrogen-bond donors (Lipinski definition) is 2. The second kappa shape index (κ2) is 6.37. The van der Waals surface area contributed by atoms with Gasteiger partial charge in [0.2, 0.25) is 5.91 Å². The standard InChI is InChI=1S/C19H22N4O2/c20-15-4-6-16(7-5-15)21-18(24)12-22-9-13-8-14(11-22)17-2-1-3-19(25)23(17)10-13/h1-7,13-14H,8-12,20H2,(H,21,24)/t13-,14+/m0/s1. The lowest BCUT2D eigenvalue weighted by Gasteiger charge is -2.42. The number of benzene rings is 1. The molecule has 0 unspecified atom stereocenters. The Morgan fingerprint density at radius 1 is 1.12 bits per heavy atom. The van der Waals surface area contributed by atoms with Crippen LogP contribution in [0.1, 0.15) is 18.0 Å². The van der Waals surface area contributed by atoms with Crippen LogP contribution >= 0.6 is 0 Å². The molecule has 2 aromatic rings. The van der Waals surface area contributed by atoms with Crippen molar-refractivity contribution in [2.24, 2.45) is 5.92 Å². The highest BCUT2D eigenvalue weighted by Gasteiger charge is 2.34. The van der Waals surface area contributed by atoms with Crippen LogP contribution in [0, 0.1) is 5.92 Å². The van der Waals surface area contributed by atoms with E-state index < -0.39 is 0 Å². The van der Waals surface area contributed by atoms with Gasteiger partial charge in [0.05, 0.1) is 6.54 Å². The second-order valence-electron chi connectivity index (χ2n) is 7.06. The van der Waals surface area contributed by atoms with Crippen molar-refractivity contribution in [1.82, 2.24) is 9.47 Å². The molecule has 3 N–H and O–H groups in total. The number of nitrogen functional groups attached to an aromatic ring is 1. The number of rotatable bonds is 3. The fraction of sp³-hybridized carbons (Fsp3) is 0.368. The summed E-state index contributed by atoms with van der Waals surface area (Å²) in [5, 5.41) is 2.92. The number of nitrogens with two attached hydrogens (primary N) is 1. The Labute approximate surface area is 146 Å². The van der Waals surface area contributed by atoms with Crippen LogP contribution in [0.25, 0.3) is 0 Å². The van der Waals surface area contributed by atoms with Gasteiger partial charge in [0.25, 0.3) is 5.56 Å². The molecule has 2 aliphatic heterocycles. The van der Waals surface area contributed by atoms with Crippen molar-refractivity contribution < 1.29 is 4.79 Å². The van der Waals surface area contributed by atoms with E-state index >= 15 is 0 Å². The Morgan fingerprint density at radius 3 is 2.72 bits per heavy atom. The molecule has 130 valence electrons. The maximum Gasteiger partial charge on any atom is 0.250 e. The zero-order valence-electron chi connectivity index (χ0n) is 14.0. The molecule has 6 heteroatoms. The first-order chi connectivity index (χ1) is 12.1. The molecule has 0 spiro atoms. The van der Waals surface area contributed by atoms with Crippen molar-refractivity contribution in [3.05, 3.63) is 58.5 Å². The third-order valence-electron chi connectivity index (χ3n) is 5.12. The van der Waals surface area contributed by atoms with E-state index in [-0.39, 0.29) is 11.5 Å². The van der Waals surface area contributed by atoms with Gasteiger partial charge in [-0.1, -0.05) is 6.07 Å². The average Bonchev–Trinajstić information content (AvgIpc) is 2.58. The van der Waals surface area contributed by atoms with Crippen LogP contribution in [0.5, 0.6) is 0 Å². The van der Waals surface area contributed by atoms with Gasteiger partial charge >= 0.3 is 0 Å². The maximum absolute atomic E-state index is 12.3. The predicted octanol–water partition coefficient (Wildman–Crippen LogP) is 1.49. The van der Waals surface area contributed by atoms with E-state index in [1.54, 1.807) is 30.3 Å². The predicted molar refractivity (Wildman–Crippen MR) is 97.5 cm³/mol. The lowest BCUT2D eigenvalue weighted by atomic mass is 9.83. The highest BCUT2D eigenvalue weighted by Crippen LogP contribution is 2.34. The van der Waals surface area contributed by atoms with Crippen LogP contribution in [-0.4, -0.2) is 35.0 Å². The molecule has 2 atom stereocenters. The van der Waals surface area contributed by atoms with Crippen molar-refractivity contribution in [2.45, 2.75) is 18.9 Å². The number of anilines is 2. The molecule has 2 aliphatic rings. The first kappa shape index (κ1) is 15.9. The molecule has 0 saturated carbocycles. The number of hydrogen-bond acceptors (Lipinski definition) is 4. The summed E-state index contributed by atoms with van der Waals surface area (Å²) in [6.45, 7) is 2.79. The fourth-order valence-electron chi connectivity index (χ4n) is 4.09. The van der Waals surface area contributed by atoms with Gasteiger partial charge in [-0.2, -0.15) is 0 Å². The summed E-state index contributed by atoms with van der Waals surface area (Å²) in [7, 11) is 0. The summed E-state index contributed by atoms with van der Waals surface area (Å²) in [6, 6.07) is 12.7. The second-order valence-corrected chi connectivity index (χ2v) is 7.06. The van der Waals surface area contributed by atoms with E-state index in [0.29, 0.717) is 24.1 Å². The molecular formula is C19H22N4O2. The van der Waals surface area contributed by atoms with Crippen molar-refractivity contribution in [3.63, 3.8) is 0 Å². The number of likely N-dealkylation sites (tertiary alicyclic amines) is 1. The number of pyridine rings is 1. The van der Waals surface area contributed by atoms with Crippen molar-refractivity contribution in [1.29, 1.82) is 0 Å². The third-order valence-corrected chi connectivity index (χ3v) is 5.12. The molecule has 1 aromatic carbocycles. The number of nitrogens with zero attached hydrogens (tertiary/aromatic N) is 2. The zero-order chi connectivity index (χ0) is 17.4. The number of nitrogens with one attached hydrogen (secondary N) is 1. The topological polar surface area (TPSA) is 80.4 Å². The van der Waals surface area contributed by atoms with Crippen LogP contribution < -0.4 is 16.6 Å². The van der Waals surface area contributed by atoms with Crippen molar-refractivity contribution in [3.8, 4) is 0 Å². The van der Waals surface area contributed by atoms with Crippen LogP contribution in [-0.2, 0) is 11.3 Å². The van der Waals surface area contributed by atoms with E-state index in [4.69, 9.17) is 5.73 Å². The summed E-state index contributed by atoms with van der Waals surface area (Å²) >= 11 is 0. The van der Waals surface area contributed by atoms with Crippen LogP contribution in [0.15, 0.2) is 47.3 Å². The quantitative estimate of drug-likeness (QED) is 0.831.